The van der Waals surface area contributed by atoms with E-state index in [0.29, 0.717) is 11.5 Å². The van der Waals surface area contributed by atoms with Gasteiger partial charge in [-0.25, -0.2) is 4.79 Å². The van der Waals surface area contributed by atoms with Crippen molar-refractivity contribution < 1.29 is 19.4 Å². The van der Waals surface area contributed by atoms with Crippen LogP contribution >= 0.6 is 0 Å². The first-order valence-electron chi connectivity index (χ1n) is 8.89. The average Bonchev–Trinajstić information content (AvgIpc) is 2.58. The fraction of sp³-hybridized carbons (Fsp3) is 0.650. The standard InChI is InChI=1S/C20H30O4/c1-20(2,3)17-12-16(19(22)24-11-10-21)15(13-18(17)23-4)14-8-6-5-7-9-14/h12-14,21H,5-11H2,1-4H3. The number of hydrogen-bond donors (Lipinski definition) is 1. The van der Waals surface area contributed by atoms with Crippen LogP contribution < -0.4 is 4.74 Å². The van der Waals surface area contributed by atoms with Gasteiger partial charge in [0.1, 0.15) is 12.4 Å². The summed E-state index contributed by atoms with van der Waals surface area (Å²) in [5.74, 6) is 0.859. The SMILES string of the molecule is COc1cc(C2CCCCC2)c(C(=O)OCCO)cc1C(C)(C)C. The smallest absolute Gasteiger partial charge is 0.338 e. The van der Waals surface area contributed by atoms with E-state index in [4.69, 9.17) is 14.6 Å². The van der Waals surface area contributed by atoms with E-state index in [1.54, 1.807) is 7.11 Å². The molecule has 0 aromatic heterocycles. The summed E-state index contributed by atoms with van der Waals surface area (Å²) in [5.41, 5.74) is 2.52. The highest BCUT2D eigenvalue weighted by atomic mass is 16.5. The van der Waals surface area contributed by atoms with Crippen molar-refractivity contribution in [3.8, 4) is 5.75 Å². The summed E-state index contributed by atoms with van der Waals surface area (Å²) in [6, 6.07) is 3.97. The van der Waals surface area contributed by atoms with Gasteiger partial charge in [0.15, 0.2) is 0 Å². The lowest BCUT2D eigenvalue weighted by molar-refractivity contribution is 0.0431. The summed E-state index contributed by atoms with van der Waals surface area (Å²) >= 11 is 0. The molecular formula is C20H30O4. The van der Waals surface area contributed by atoms with Crippen molar-refractivity contribution in [2.75, 3.05) is 20.3 Å². The summed E-state index contributed by atoms with van der Waals surface area (Å²) in [5, 5.41) is 8.95. The number of rotatable bonds is 5. The number of hydrogen-bond acceptors (Lipinski definition) is 4. The molecule has 0 spiro atoms. The molecule has 1 aromatic rings. The van der Waals surface area contributed by atoms with Crippen LogP contribution in [-0.2, 0) is 10.2 Å². The second kappa shape index (κ2) is 8.02. The van der Waals surface area contributed by atoms with Crippen LogP contribution in [0.25, 0.3) is 0 Å². The first-order valence-corrected chi connectivity index (χ1v) is 8.89. The molecule has 2 rings (SSSR count). The third kappa shape index (κ3) is 4.29. The molecule has 4 heteroatoms. The molecule has 0 radical (unpaired) electrons. The minimum atomic E-state index is -0.349. The van der Waals surface area contributed by atoms with Crippen molar-refractivity contribution in [3.63, 3.8) is 0 Å². The summed E-state index contributed by atoms with van der Waals surface area (Å²) in [4.78, 5) is 12.6. The molecule has 0 heterocycles. The van der Waals surface area contributed by atoms with Gasteiger partial charge in [-0.1, -0.05) is 40.0 Å². The second-order valence-electron chi connectivity index (χ2n) is 7.58. The van der Waals surface area contributed by atoms with Crippen molar-refractivity contribution in [3.05, 3.63) is 28.8 Å². The Morgan fingerprint density at radius 2 is 1.88 bits per heavy atom. The summed E-state index contributed by atoms with van der Waals surface area (Å²) < 4.78 is 10.8. The van der Waals surface area contributed by atoms with Crippen LogP contribution in [0.1, 0.15) is 80.3 Å². The molecule has 1 fully saturated rings. The fourth-order valence-electron chi connectivity index (χ4n) is 3.49. The number of aliphatic hydroxyl groups is 1. The lowest BCUT2D eigenvalue weighted by atomic mass is 9.78. The molecule has 134 valence electrons. The zero-order valence-corrected chi connectivity index (χ0v) is 15.4. The predicted octanol–water partition coefficient (Wildman–Crippen LogP) is 4.19. The summed E-state index contributed by atoms with van der Waals surface area (Å²) in [6.07, 6.45) is 5.84. The van der Waals surface area contributed by atoms with Gasteiger partial charge in [0.2, 0.25) is 0 Å². The Labute approximate surface area is 145 Å². The summed E-state index contributed by atoms with van der Waals surface area (Å²) in [6.45, 7) is 6.18. The van der Waals surface area contributed by atoms with Gasteiger partial charge in [-0.3, -0.25) is 0 Å². The molecular weight excluding hydrogens is 304 g/mol. The zero-order chi connectivity index (χ0) is 17.7. The normalized spacial score (nSPS) is 16.0. The molecule has 0 aliphatic heterocycles. The van der Waals surface area contributed by atoms with Crippen molar-refractivity contribution in [1.82, 2.24) is 0 Å². The van der Waals surface area contributed by atoms with E-state index in [0.717, 1.165) is 29.7 Å². The highest BCUT2D eigenvalue weighted by molar-refractivity contribution is 5.92. The molecule has 1 aliphatic rings. The first-order chi connectivity index (χ1) is 11.4. The van der Waals surface area contributed by atoms with E-state index in [2.05, 4.69) is 20.8 Å². The van der Waals surface area contributed by atoms with E-state index in [9.17, 15) is 4.79 Å². The molecule has 4 nitrogen and oxygen atoms in total. The quantitative estimate of drug-likeness (QED) is 0.820. The maximum atomic E-state index is 12.6. The van der Waals surface area contributed by atoms with Crippen LogP contribution in [0.5, 0.6) is 5.75 Å². The Morgan fingerprint density at radius 1 is 1.21 bits per heavy atom. The number of ether oxygens (including phenoxy) is 2. The fourth-order valence-corrected chi connectivity index (χ4v) is 3.49. The van der Waals surface area contributed by atoms with E-state index in [1.807, 2.05) is 12.1 Å². The van der Waals surface area contributed by atoms with E-state index in [-0.39, 0.29) is 24.6 Å². The Hall–Kier alpha value is -1.55. The van der Waals surface area contributed by atoms with Gasteiger partial charge in [-0.2, -0.15) is 0 Å². The van der Waals surface area contributed by atoms with Gasteiger partial charge >= 0.3 is 5.97 Å². The van der Waals surface area contributed by atoms with Crippen LogP contribution in [0.3, 0.4) is 0 Å². The van der Waals surface area contributed by atoms with Gasteiger partial charge in [0, 0.05) is 5.56 Å². The maximum Gasteiger partial charge on any atom is 0.338 e. The highest BCUT2D eigenvalue weighted by Crippen LogP contribution is 2.40. The molecule has 0 bridgehead atoms. The number of aliphatic hydroxyl groups excluding tert-OH is 1. The van der Waals surface area contributed by atoms with Crippen molar-refractivity contribution >= 4 is 5.97 Å². The predicted molar refractivity (Wildman–Crippen MR) is 94.9 cm³/mol. The molecule has 1 aromatic carbocycles. The number of benzene rings is 1. The van der Waals surface area contributed by atoms with Crippen LogP contribution in [0, 0.1) is 0 Å². The summed E-state index contributed by atoms with van der Waals surface area (Å²) in [7, 11) is 1.68. The second-order valence-corrected chi connectivity index (χ2v) is 7.58. The number of methoxy groups -OCH3 is 1. The molecule has 1 aliphatic carbocycles. The number of carbonyl (C=O) groups excluding carboxylic acids is 1. The Morgan fingerprint density at radius 3 is 2.42 bits per heavy atom. The Balaban J connectivity index is 2.51. The van der Waals surface area contributed by atoms with Gasteiger partial charge < -0.3 is 14.6 Å². The third-order valence-electron chi connectivity index (χ3n) is 4.77. The lowest BCUT2D eigenvalue weighted by Crippen LogP contribution is -2.19. The minimum absolute atomic E-state index is 0.0276. The average molecular weight is 334 g/mol. The van der Waals surface area contributed by atoms with Gasteiger partial charge in [0.05, 0.1) is 19.3 Å². The molecule has 0 atom stereocenters. The van der Waals surface area contributed by atoms with E-state index in [1.165, 1.54) is 19.3 Å². The van der Waals surface area contributed by atoms with E-state index >= 15 is 0 Å². The van der Waals surface area contributed by atoms with E-state index < -0.39 is 0 Å². The lowest BCUT2D eigenvalue weighted by Gasteiger charge is -2.28. The molecule has 0 unspecified atom stereocenters. The van der Waals surface area contributed by atoms with Crippen LogP contribution in [0.4, 0.5) is 0 Å². The molecule has 0 amide bonds. The first kappa shape index (κ1) is 18.8. The van der Waals surface area contributed by atoms with Crippen molar-refractivity contribution in [2.45, 2.75) is 64.2 Å². The zero-order valence-electron chi connectivity index (χ0n) is 15.4. The minimum Gasteiger partial charge on any atom is -0.496 e. The van der Waals surface area contributed by atoms with Crippen LogP contribution in [0.15, 0.2) is 12.1 Å². The monoisotopic (exact) mass is 334 g/mol. The van der Waals surface area contributed by atoms with Crippen LogP contribution in [0.2, 0.25) is 0 Å². The molecule has 1 saturated carbocycles. The maximum absolute atomic E-state index is 12.6. The Kier molecular flexibility index (Phi) is 6.27. The molecule has 24 heavy (non-hydrogen) atoms. The number of esters is 1. The Bertz CT molecular complexity index is 566. The van der Waals surface area contributed by atoms with Gasteiger partial charge in [-0.05, 0) is 41.9 Å². The largest absolute Gasteiger partial charge is 0.496 e. The molecule has 1 N–H and O–H groups in total. The van der Waals surface area contributed by atoms with Crippen molar-refractivity contribution in [2.24, 2.45) is 0 Å². The number of carbonyl (C=O) groups is 1. The molecule has 0 saturated heterocycles. The van der Waals surface area contributed by atoms with Gasteiger partial charge in [-0.15, -0.1) is 0 Å². The van der Waals surface area contributed by atoms with Crippen molar-refractivity contribution in [1.29, 1.82) is 0 Å². The van der Waals surface area contributed by atoms with Crippen LogP contribution in [-0.4, -0.2) is 31.4 Å². The topological polar surface area (TPSA) is 55.8 Å². The third-order valence-corrected chi connectivity index (χ3v) is 4.77. The highest BCUT2D eigenvalue weighted by Gasteiger charge is 2.28. The van der Waals surface area contributed by atoms with Gasteiger partial charge in [0.25, 0.3) is 0 Å².